The second kappa shape index (κ2) is 5.89. The molecule has 1 unspecified atom stereocenters. The third-order valence-electron chi connectivity index (χ3n) is 2.96. The number of rotatable bonds is 4. The fraction of sp³-hybridized carbons (Fsp3) is 0.154. The highest BCUT2D eigenvalue weighted by Gasteiger charge is 2.18. The summed E-state index contributed by atoms with van der Waals surface area (Å²) in [4.78, 5) is 3.91. The van der Waals surface area contributed by atoms with Crippen molar-refractivity contribution in [2.24, 2.45) is 5.84 Å². The number of nitrogens with two attached hydrogens (primary N) is 2. The summed E-state index contributed by atoms with van der Waals surface area (Å²) in [5.41, 5.74) is 8.98. The lowest BCUT2D eigenvalue weighted by molar-refractivity contribution is 0.439. The Hall–Kier alpha value is -2.12. The summed E-state index contributed by atoms with van der Waals surface area (Å²) in [7, 11) is 0. The van der Waals surface area contributed by atoms with Crippen LogP contribution in [0.15, 0.2) is 30.5 Å². The van der Waals surface area contributed by atoms with Crippen molar-refractivity contribution >= 4 is 5.82 Å². The third-order valence-corrected chi connectivity index (χ3v) is 2.96. The van der Waals surface area contributed by atoms with Crippen LogP contribution in [0.5, 0.6) is 0 Å². The van der Waals surface area contributed by atoms with Crippen LogP contribution in [0.2, 0.25) is 0 Å². The smallest absolute Gasteiger partial charge is 0.194 e. The molecule has 1 aromatic carbocycles. The molecule has 2 rings (SSSR count). The van der Waals surface area contributed by atoms with E-state index in [1.165, 1.54) is 6.20 Å². The van der Waals surface area contributed by atoms with Gasteiger partial charge in [0.1, 0.15) is 5.82 Å². The highest BCUT2D eigenvalue weighted by atomic mass is 19.2. The van der Waals surface area contributed by atoms with Gasteiger partial charge in [-0.3, -0.25) is 11.3 Å². The van der Waals surface area contributed by atoms with Crippen LogP contribution in [0, 0.1) is 17.5 Å². The molecule has 4 nitrogen and oxygen atoms in total. The Morgan fingerprint density at radius 2 is 1.85 bits per heavy atom. The Balaban J connectivity index is 2.31. The quantitative estimate of drug-likeness (QED) is 0.454. The van der Waals surface area contributed by atoms with E-state index in [-0.39, 0.29) is 12.0 Å². The van der Waals surface area contributed by atoms with Crippen molar-refractivity contribution in [1.82, 2.24) is 10.4 Å². The highest BCUT2D eigenvalue weighted by Crippen LogP contribution is 2.23. The zero-order chi connectivity index (χ0) is 14.7. The van der Waals surface area contributed by atoms with Crippen molar-refractivity contribution < 1.29 is 13.2 Å². The highest BCUT2D eigenvalue weighted by molar-refractivity contribution is 5.40. The summed E-state index contributed by atoms with van der Waals surface area (Å²) >= 11 is 0. The molecule has 1 atom stereocenters. The molecule has 20 heavy (non-hydrogen) atoms. The van der Waals surface area contributed by atoms with Crippen LogP contribution in [-0.4, -0.2) is 4.98 Å². The van der Waals surface area contributed by atoms with Crippen molar-refractivity contribution in [1.29, 1.82) is 0 Å². The minimum Gasteiger partial charge on any atom is -0.383 e. The Morgan fingerprint density at radius 3 is 2.40 bits per heavy atom. The van der Waals surface area contributed by atoms with Crippen LogP contribution in [0.25, 0.3) is 0 Å². The number of benzene rings is 1. The Labute approximate surface area is 113 Å². The van der Waals surface area contributed by atoms with E-state index in [0.717, 1.165) is 12.1 Å². The molecule has 7 heteroatoms. The van der Waals surface area contributed by atoms with E-state index >= 15 is 0 Å². The maximum absolute atomic E-state index is 13.2. The normalized spacial score (nSPS) is 12.4. The van der Waals surface area contributed by atoms with Crippen molar-refractivity contribution in [2.75, 3.05) is 5.73 Å². The zero-order valence-corrected chi connectivity index (χ0v) is 10.4. The molecule has 0 spiro atoms. The summed E-state index contributed by atoms with van der Waals surface area (Å²) in [6, 6.07) is 4.59. The number of nitrogen functional groups attached to an aromatic ring is 1. The lowest BCUT2D eigenvalue weighted by Crippen LogP contribution is -2.30. The number of nitrogens with one attached hydrogen (secondary N) is 1. The van der Waals surface area contributed by atoms with Crippen molar-refractivity contribution in [3.63, 3.8) is 0 Å². The van der Waals surface area contributed by atoms with Crippen LogP contribution >= 0.6 is 0 Å². The number of halogens is 3. The lowest BCUT2D eigenvalue weighted by Gasteiger charge is -2.17. The van der Waals surface area contributed by atoms with Gasteiger partial charge in [0.15, 0.2) is 17.5 Å². The van der Waals surface area contributed by atoms with Crippen LogP contribution in [0.1, 0.15) is 17.2 Å². The molecule has 0 radical (unpaired) electrons. The Morgan fingerprint density at radius 1 is 1.20 bits per heavy atom. The van der Waals surface area contributed by atoms with Gasteiger partial charge in [0.2, 0.25) is 0 Å². The molecule has 0 saturated carbocycles. The summed E-state index contributed by atoms with van der Waals surface area (Å²) in [5, 5.41) is 0. The van der Waals surface area contributed by atoms with Crippen LogP contribution in [-0.2, 0) is 6.42 Å². The number of hydrogen-bond acceptors (Lipinski definition) is 4. The SMILES string of the molecule is NNC(Cc1cccnc1N)c1cc(F)c(F)c(F)c1. The van der Waals surface area contributed by atoms with Gasteiger partial charge < -0.3 is 5.73 Å². The topological polar surface area (TPSA) is 77.0 Å². The van der Waals surface area contributed by atoms with E-state index in [9.17, 15) is 13.2 Å². The lowest BCUT2D eigenvalue weighted by atomic mass is 9.99. The molecule has 0 aliphatic carbocycles. The van der Waals surface area contributed by atoms with E-state index in [1.54, 1.807) is 12.1 Å². The minimum atomic E-state index is -1.51. The van der Waals surface area contributed by atoms with Gasteiger partial charge in [-0.15, -0.1) is 0 Å². The molecule has 2 aromatic rings. The van der Waals surface area contributed by atoms with E-state index in [1.807, 2.05) is 0 Å². The third kappa shape index (κ3) is 2.89. The summed E-state index contributed by atoms with van der Waals surface area (Å²) < 4.78 is 39.4. The van der Waals surface area contributed by atoms with Crippen molar-refractivity contribution in [2.45, 2.75) is 12.5 Å². The standard InChI is InChI=1S/C13H13F3N4/c14-9-4-8(5-10(15)12(9)16)11(20-18)6-7-2-1-3-19-13(7)17/h1-5,11,20H,6,18H2,(H2,17,19). The van der Waals surface area contributed by atoms with Gasteiger partial charge in [-0.05, 0) is 35.7 Å². The molecule has 0 amide bonds. The molecule has 0 bridgehead atoms. The van der Waals surface area contributed by atoms with E-state index in [4.69, 9.17) is 11.6 Å². The molecule has 1 aromatic heterocycles. The zero-order valence-electron chi connectivity index (χ0n) is 10.4. The Bertz CT molecular complexity index is 595. The van der Waals surface area contributed by atoms with Gasteiger partial charge in [0.25, 0.3) is 0 Å². The summed E-state index contributed by atoms with van der Waals surface area (Å²) in [5.74, 6) is 1.65. The van der Waals surface area contributed by atoms with Gasteiger partial charge in [-0.25, -0.2) is 18.2 Å². The van der Waals surface area contributed by atoms with Crippen molar-refractivity contribution in [3.8, 4) is 0 Å². The molecule has 0 saturated heterocycles. The fourth-order valence-electron chi connectivity index (χ4n) is 1.89. The van der Waals surface area contributed by atoms with Gasteiger partial charge in [-0.1, -0.05) is 6.07 Å². The number of aromatic nitrogens is 1. The first-order chi connectivity index (χ1) is 9.52. The van der Waals surface area contributed by atoms with Gasteiger partial charge in [0, 0.05) is 6.20 Å². The summed E-state index contributed by atoms with van der Waals surface area (Å²) in [6.07, 6.45) is 1.79. The number of hydrazine groups is 1. The maximum Gasteiger partial charge on any atom is 0.194 e. The van der Waals surface area contributed by atoms with Gasteiger partial charge in [-0.2, -0.15) is 0 Å². The van der Waals surface area contributed by atoms with Gasteiger partial charge in [0.05, 0.1) is 6.04 Å². The average molecular weight is 282 g/mol. The van der Waals surface area contributed by atoms with Gasteiger partial charge >= 0.3 is 0 Å². The number of hydrogen-bond donors (Lipinski definition) is 3. The molecule has 5 N–H and O–H groups in total. The molecule has 0 aliphatic heterocycles. The predicted molar refractivity (Wildman–Crippen MR) is 68.7 cm³/mol. The monoisotopic (exact) mass is 282 g/mol. The maximum atomic E-state index is 13.2. The molecule has 0 aliphatic rings. The van der Waals surface area contributed by atoms with Crippen LogP contribution in [0.3, 0.4) is 0 Å². The van der Waals surface area contributed by atoms with Crippen molar-refractivity contribution in [3.05, 3.63) is 59.0 Å². The minimum absolute atomic E-state index is 0.187. The number of pyridine rings is 1. The van der Waals surface area contributed by atoms with E-state index in [2.05, 4.69) is 10.4 Å². The number of anilines is 1. The second-order valence-electron chi connectivity index (χ2n) is 4.27. The molecule has 1 heterocycles. The molecular weight excluding hydrogens is 269 g/mol. The number of nitrogens with zero attached hydrogens (tertiary/aromatic N) is 1. The largest absolute Gasteiger partial charge is 0.383 e. The van der Waals surface area contributed by atoms with Crippen LogP contribution in [0.4, 0.5) is 19.0 Å². The second-order valence-corrected chi connectivity index (χ2v) is 4.27. The molecule has 0 fully saturated rings. The van der Waals surface area contributed by atoms with E-state index < -0.39 is 23.5 Å². The fourth-order valence-corrected chi connectivity index (χ4v) is 1.89. The first kappa shape index (κ1) is 14.3. The summed E-state index contributed by atoms with van der Waals surface area (Å²) in [6.45, 7) is 0. The average Bonchev–Trinajstić information content (AvgIpc) is 2.43. The molecule has 106 valence electrons. The Kier molecular flexibility index (Phi) is 4.21. The molecular formula is C13H13F3N4. The first-order valence-corrected chi connectivity index (χ1v) is 5.83. The first-order valence-electron chi connectivity index (χ1n) is 5.83. The van der Waals surface area contributed by atoms with Crippen LogP contribution < -0.4 is 17.0 Å². The predicted octanol–water partition coefficient (Wildman–Crippen LogP) is 1.83. The van der Waals surface area contributed by atoms with E-state index in [0.29, 0.717) is 11.4 Å².